The summed E-state index contributed by atoms with van der Waals surface area (Å²) in [5.41, 5.74) is -2.13. The van der Waals surface area contributed by atoms with Crippen LogP contribution in [0.25, 0.3) is 0 Å². The molecule has 0 aromatic carbocycles. The van der Waals surface area contributed by atoms with Crippen molar-refractivity contribution < 1.29 is 23.9 Å². The third-order valence-corrected chi connectivity index (χ3v) is 8.71. The zero-order valence-electron chi connectivity index (χ0n) is 21.6. The molecule has 0 aromatic rings. The van der Waals surface area contributed by atoms with Crippen LogP contribution in [-0.4, -0.2) is 28.0 Å². The van der Waals surface area contributed by atoms with E-state index in [0.717, 1.165) is 19.3 Å². The third-order valence-electron chi connectivity index (χ3n) is 7.20. The molecular formula is C26H53O5P. The molecule has 0 rings (SSSR count). The Hall–Kier alpha value is -0.380. The van der Waals surface area contributed by atoms with Gasteiger partial charge in [-0.25, -0.2) is 0 Å². The standard InChI is InChI=1S/C26H53O5P/c1-5-8-9-10-11-12-13-14-15-16-17-18-19-20-21-22-23-31-25(27)26(6-2,7-3)24(4)32(28,29)30/h24H,5-23H2,1-4H3,(H2,28,29,30). The van der Waals surface area contributed by atoms with Crippen LogP contribution in [0, 0.1) is 5.41 Å². The molecule has 2 N–H and O–H groups in total. The minimum absolute atomic E-state index is 0.340. The van der Waals surface area contributed by atoms with Crippen molar-refractivity contribution in [2.45, 2.75) is 149 Å². The van der Waals surface area contributed by atoms with Crippen molar-refractivity contribution in [3.05, 3.63) is 0 Å². The summed E-state index contributed by atoms with van der Waals surface area (Å²) in [5.74, 6) is -0.459. The van der Waals surface area contributed by atoms with Crippen molar-refractivity contribution in [1.82, 2.24) is 0 Å². The van der Waals surface area contributed by atoms with Crippen LogP contribution in [0.1, 0.15) is 143 Å². The summed E-state index contributed by atoms with van der Waals surface area (Å²) < 4.78 is 17.2. The predicted molar refractivity (Wildman–Crippen MR) is 135 cm³/mol. The lowest BCUT2D eigenvalue weighted by molar-refractivity contribution is -0.157. The van der Waals surface area contributed by atoms with E-state index in [1.165, 1.54) is 90.4 Å². The van der Waals surface area contributed by atoms with Crippen LogP contribution in [0.15, 0.2) is 0 Å². The van der Waals surface area contributed by atoms with Crippen LogP contribution >= 0.6 is 7.60 Å². The van der Waals surface area contributed by atoms with Gasteiger partial charge in [0.15, 0.2) is 0 Å². The summed E-state index contributed by atoms with van der Waals surface area (Å²) in [7, 11) is -4.34. The van der Waals surface area contributed by atoms with Crippen molar-refractivity contribution in [2.75, 3.05) is 6.61 Å². The van der Waals surface area contributed by atoms with Gasteiger partial charge in [0.25, 0.3) is 0 Å². The summed E-state index contributed by atoms with van der Waals surface area (Å²) in [6.45, 7) is 7.66. The fraction of sp³-hybridized carbons (Fsp3) is 0.962. The van der Waals surface area contributed by atoms with Crippen molar-refractivity contribution in [2.24, 2.45) is 5.41 Å². The summed E-state index contributed by atoms with van der Waals surface area (Å²) in [5, 5.41) is 0. The van der Waals surface area contributed by atoms with E-state index >= 15 is 0 Å². The molecule has 1 atom stereocenters. The number of rotatable bonds is 22. The van der Waals surface area contributed by atoms with Gasteiger partial charge in [-0.05, 0) is 26.2 Å². The Kier molecular flexibility index (Phi) is 18.8. The lowest BCUT2D eigenvalue weighted by Crippen LogP contribution is -2.41. The first kappa shape index (κ1) is 31.6. The zero-order chi connectivity index (χ0) is 24.3. The number of carbonyl (C=O) groups excluding carboxylic acids is 1. The van der Waals surface area contributed by atoms with Crippen molar-refractivity contribution in [3.8, 4) is 0 Å². The number of hydrogen-bond donors (Lipinski definition) is 2. The average Bonchev–Trinajstić information content (AvgIpc) is 2.76. The van der Waals surface area contributed by atoms with E-state index in [-0.39, 0.29) is 0 Å². The zero-order valence-corrected chi connectivity index (χ0v) is 22.5. The third kappa shape index (κ3) is 13.4. The van der Waals surface area contributed by atoms with Crippen molar-refractivity contribution >= 4 is 13.6 Å². The lowest BCUT2D eigenvalue weighted by Gasteiger charge is -2.35. The van der Waals surface area contributed by atoms with Gasteiger partial charge >= 0.3 is 13.6 Å². The highest BCUT2D eigenvalue weighted by Crippen LogP contribution is 2.53. The van der Waals surface area contributed by atoms with Crippen molar-refractivity contribution in [1.29, 1.82) is 0 Å². The molecule has 0 aromatic heterocycles. The minimum Gasteiger partial charge on any atom is -0.465 e. The van der Waals surface area contributed by atoms with Gasteiger partial charge in [0.2, 0.25) is 0 Å². The number of carbonyl (C=O) groups is 1. The van der Waals surface area contributed by atoms with E-state index in [9.17, 15) is 19.1 Å². The molecule has 0 heterocycles. The predicted octanol–water partition coefficient (Wildman–Crippen LogP) is 8.16. The van der Waals surface area contributed by atoms with Crippen LogP contribution in [0.5, 0.6) is 0 Å². The first-order valence-corrected chi connectivity index (χ1v) is 15.2. The Labute approximate surface area is 198 Å². The van der Waals surface area contributed by atoms with Gasteiger partial charge in [-0.1, -0.05) is 117 Å². The van der Waals surface area contributed by atoms with E-state index in [2.05, 4.69) is 6.92 Å². The SMILES string of the molecule is CCCCCCCCCCCCCCCCCCOC(=O)C(CC)(CC)C(C)P(=O)(O)O. The molecule has 0 aliphatic heterocycles. The Morgan fingerprint density at radius 1 is 0.719 bits per heavy atom. The number of hydrogen-bond acceptors (Lipinski definition) is 3. The molecule has 0 spiro atoms. The van der Waals surface area contributed by atoms with E-state index in [0.29, 0.717) is 19.4 Å². The molecular weight excluding hydrogens is 423 g/mol. The lowest BCUT2D eigenvalue weighted by atomic mass is 9.79. The van der Waals surface area contributed by atoms with Gasteiger partial charge in [0.1, 0.15) is 0 Å². The van der Waals surface area contributed by atoms with E-state index in [1.54, 1.807) is 13.8 Å². The molecule has 0 amide bonds. The van der Waals surface area contributed by atoms with Crippen LogP contribution in [0.2, 0.25) is 0 Å². The summed E-state index contributed by atoms with van der Waals surface area (Å²) >= 11 is 0. The molecule has 0 saturated heterocycles. The summed E-state index contributed by atoms with van der Waals surface area (Å²) in [6.07, 6.45) is 21.4. The smallest absolute Gasteiger partial charge is 0.329 e. The monoisotopic (exact) mass is 476 g/mol. The van der Waals surface area contributed by atoms with E-state index in [1.807, 2.05) is 0 Å². The van der Waals surface area contributed by atoms with Crippen LogP contribution in [-0.2, 0) is 14.1 Å². The van der Waals surface area contributed by atoms with Gasteiger partial charge < -0.3 is 14.5 Å². The molecule has 0 aliphatic rings. The van der Waals surface area contributed by atoms with Crippen LogP contribution in [0.3, 0.4) is 0 Å². The Morgan fingerprint density at radius 2 is 1.06 bits per heavy atom. The van der Waals surface area contributed by atoms with Gasteiger partial charge in [0.05, 0.1) is 17.7 Å². The van der Waals surface area contributed by atoms with Crippen LogP contribution < -0.4 is 0 Å². The second-order valence-corrected chi connectivity index (χ2v) is 11.5. The topological polar surface area (TPSA) is 83.8 Å². The van der Waals surface area contributed by atoms with Crippen LogP contribution in [0.4, 0.5) is 0 Å². The summed E-state index contributed by atoms with van der Waals surface area (Å²) in [4.78, 5) is 31.7. The molecule has 192 valence electrons. The maximum atomic E-state index is 12.6. The van der Waals surface area contributed by atoms with Gasteiger partial charge in [-0.15, -0.1) is 0 Å². The highest BCUT2D eigenvalue weighted by atomic mass is 31.2. The molecule has 0 fully saturated rings. The Balaban J connectivity index is 3.71. The normalized spacial score (nSPS) is 13.3. The fourth-order valence-electron chi connectivity index (χ4n) is 4.58. The van der Waals surface area contributed by atoms with Gasteiger partial charge in [-0.2, -0.15) is 0 Å². The van der Waals surface area contributed by atoms with E-state index in [4.69, 9.17) is 4.74 Å². The Morgan fingerprint density at radius 3 is 1.38 bits per heavy atom. The number of ether oxygens (including phenoxy) is 1. The molecule has 32 heavy (non-hydrogen) atoms. The number of unbranched alkanes of at least 4 members (excludes halogenated alkanes) is 15. The van der Waals surface area contributed by atoms with Gasteiger partial charge in [-0.3, -0.25) is 9.36 Å². The molecule has 1 unspecified atom stereocenters. The minimum atomic E-state index is -4.34. The molecule has 0 aliphatic carbocycles. The number of esters is 1. The first-order chi connectivity index (χ1) is 15.3. The molecule has 6 heteroatoms. The quantitative estimate of drug-likeness (QED) is 0.0935. The van der Waals surface area contributed by atoms with Crippen molar-refractivity contribution in [3.63, 3.8) is 0 Å². The Bertz CT molecular complexity index is 498. The average molecular weight is 477 g/mol. The highest BCUT2D eigenvalue weighted by molar-refractivity contribution is 7.52. The molecule has 0 saturated carbocycles. The summed E-state index contributed by atoms with van der Waals surface area (Å²) in [6, 6.07) is 0. The second kappa shape index (κ2) is 19.0. The second-order valence-electron chi connectivity index (χ2n) is 9.57. The molecule has 0 radical (unpaired) electrons. The molecule has 0 bridgehead atoms. The fourth-order valence-corrected chi connectivity index (χ4v) is 5.70. The highest BCUT2D eigenvalue weighted by Gasteiger charge is 2.49. The maximum Gasteiger partial charge on any atom is 0.329 e. The molecule has 5 nitrogen and oxygen atoms in total. The largest absolute Gasteiger partial charge is 0.465 e. The van der Waals surface area contributed by atoms with Gasteiger partial charge in [0, 0.05) is 0 Å². The maximum absolute atomic E-state index is 12.6. The first-order valence-electron chi connectivity index (χ1n) is 13.5. The van der Waals surface area contributed by atoms with E-state index < -0.39 is 24.6 Å².